The van der Waals surface area contributed by atoms with Crippen LogP contribution in [-0.4, -0.2) is 29.3 Å². The number of hydrogen-bond acceptors (Lipinski definition) is 4. The van der Waals surface area contributed by atoms with Crippen molar-refractivity contribution in [1.29, 1.82) is 0 Å². The van der Waals surface area contributed by atoms with E-state index < -0.39 is 27.8 Å². The fraction of sp³-hybridized carbons (Fsp3) is 0.167. The third-order valence-electron chi connectivity index (χ3n) is 5.59. The summed E-state index contributed by atoms with van der Waals surface area (Å²) >= 11 is 0. The Morgan fingerprint density at radius 3 is 2.12 bits per heavy atom. The van der Waals surface area contributed by atoms with Crippen LogP contribution in [0.2, 0.25) is 0 Å². The normalized spacial score (nSPS) is 13.4. The summed E-state index contributed by atoms with van der Waals surface area (Å²) in [5.41, 5.74) is -0.398. The summed E-state index contributed by atoms with van der Waals surface area (Å²) in [4.78, 5) is 17.7. The summed E-state index contributed by atoms with van der Waals surface area (Å²) in [5, 5.41) is 0.371. The molecule has 0 amide bonds. The van der Waals surface area contributed by atoms with Crippen molar-refractivity contribution >= 4 is 20.9 Å². The highest BCUT2D eigenvalue weighted by molar-refractivity contribution is 7.89. The standard InChI is InChI=1S/C24H20F3N3O3S/c1-16(29(2)34(32,33)19-14-12-17(13-15-19)24(25,26)27)22-28-21-11-7-6-10-20(21)23(31)30(22)18-8-4-3-5-9-18/h3-16H,1-2H3. The topological polar surface area (TPSA) is 72.3 Å². The Hall–Kier alpha value is -3.50. The van der Waals surface area contributed by atoms with E-state index in [1.807, 2.05) is 0 Å². The van der Waals surface area contributed by atoms with E-state index in [0.29, 0.717) is 16.6 Å². The van der Waals surface area contributed by atoms with Crippen LogP contribution in [0.25, 0.3) is 16.6 Å². The highest BCUT2D eigenvalue weighted by Crippen LogP contribution is 2.31. The minimum absolute atomic E-state index is 0.174. The molecular formula is C24H20F3N3O3S. The van der Waals surface area contributed by atoms with E-state index in [1.54, 1.807) is 61.5 Å². The Balaban J connectivity index is 1.83. The molecule has 1 unspecified atom stereocenters. The quantitative estimate of drug-likeness (QED) is 0.406. The fourth-order valence-corrected chi connectivity index (χ4v) is 4.93. The molecular weight excluding hydrogens is 467 g/mol. The average molecular weight is 488 g/mol. The molecule has 176 valence electrons. The highest BCUT2D eigenvalue weighted by atomic mass is 32.2. The third-order valence-corrected chi connectivity index (χ3v) is 7.54. The van der Waals surface area contributed by atoms with Gasteiger partial charge in [-0.1, -0.05) is 30.3 Å². The summed E-state index contributed by atoms with van der Waals surface area (Å²) in [6.07, 6.45) is -4.58. The van der Waals surface area contributed by atoms with Crippen LogP contribution in [0.15, 0.2) is 88.6 Å². The lowest BCUT2D eigenvalue weighted by Crippen LogP contribution is -2.35. The number of rotatable bonds is 5. The lowest BCUT2D eigenvalue weighted by atomic mass is 10.2. The van der Waals surface area contributed by atoms with Gasteiger partial charge in [0.1, 0.15) is 5.82 Å². The number of nitrogens with zero attached hydrogens (tertiary/aromatic N) is 3. The highest BCUT2D eigenvalue weighted by Gasteiger charge is 2.33. The van der Waals surface area contributed by atoms with Crippen LogP contribution in [0.4, 0.5) is 13.2 Å². The molecule has 0 N–H and O–H groups in total. The van der Waals surface area contributed by atoms with Gasteiger partial charge in [-0.2, -0.15) is 17.5 Å². The summed E-state index contributed by atoms with van der Waals surface area (Å²) in [6.45, 7) is 1.57. The van der Waals surface area contributed by atoms with Crippen LogP contribution < -0.4 is 5.56 Å². The number of fused-ring (bicyclic) bond motifs is 1. The number of alkyl halides is 3. The van der Waals surface area contributed by atoms with Crippen molar-refractivity contribution in [3.8, 4) is 5.69 Å². The predicted molar refractivity (Wildman–Crippen MR) is 122 cm³/mol. The molecule has 10 heteroatoms. The van der Waals surface area contributed by atoms with Gasteiger partial charge in [0.15, 0.2) is 0 Å². The molecule has 0 saturated heterocycles. The molecule has 34 heavy (non-hydrogen) atoms. The van der Waals surface area contributed by atoms with Gasteiger partial charge in [-0.25, -0.2) is 13.4 Å². The van der Waals surface area contributed by atoms with Crippen LogP contribution in [0.5, 0.6) is 0 Å². The van der Waals surface area contributed by atoms with Crippen molar-refractivity contribution in [2.45, 2.75) is 24.0 Å². The largest absolute Gasteiger partial charge is 0.416 e. The molecule has 1 atom stereocenters. The molecule has 0 saturated carbocycles. The van der Waals surface area contributed by atoms with E-state index in [9.17, 15) is 26.4 Å². The summed E-state index contributed by atoms with van der Waals surface area (Å²) in [5.74, 6) is 0.174. The van der Waals surface area contributed by atoms with Crippen LogP contribution >= 0.6 is 0 Å². The SMILES string of the molecule is CC(c1nc2ccccc2c(=O)n1-c1ccccc1)N(C)S(=O)(=O)c1ccc(C(F)(F)F)cc1. The third kappa shape index (κ3) is 4.22. The first kappa shape index (κ1) is 23.7. The van der Waals surface area contributed by atoms with Crippen LogP contribution in [0.1, 0.15) is 24.4 Å². The first-order valence-corrected chi connectivity index (χ1v) is 11.7. The van der Waals surface area contributed by atoms with E-state index in [4.69, 9.17) is 0 Å². The zero-order chi connectivity index (χ0) is 24.7. The van der Waals surface area contributed by atoms with E-state index in [1.165, 1.54) is 11.6 Å². The van der Waals surface area contributed by atoms with Gasteiger partial charge < -0.3 is 0 Å². The van der Waals surface area contributed by atoms with E-state index >= 15 is 0 Å². The second-order valence-corrected chi connectivity index (χ2v) is 9.68. The minimum Gasteiger partial charge on any atom is -0.268 e. The second-order valence-electron chi connectivity index (χ2n) is 7.68. The van der Waals surface area contributed by atoms with Gasteiger partial charge in [-0.05, 0) is 55.5 Å². The Morgan fingerprint density at radius 2 is 1.50 bits per heavy atom. The lowest BCUT2D eigenvalue weighted by Gasteiger charge is -2.26. The van der Waals surface area contributed by atoms with Gasteiger partial charge in [0.2, 0.25) is 10.0 Å². The molecule has 4 aromatic rings. The molecule has 1 heterocycles. The first-order valence-electron chi connectivity index (χ1n) is 10.2. The Morgan fingerprint density at radius 1 is 0.912 bits per heavy atom. The van der Waals surface area contributed by atoms with Crippen molar-refractivity contribution in [3.05, 3.63) is 101 Å². The summed E-state index contributed by atoms with van der Waals surface area (Å²) in [6, 6.07) is 17.8. The van der Waals surface area contributed by atoms with Gasteiger partial charge in [-0.15, -0.1) is 0 Å². The summed E-state index contributed by atoms with van der Waals surface area (Å²) < 4.78 is 67.5. The fourth-order valence-electron chi connectivity index (χ4n) is 3.61. The molecule has 0 aliphatic rings. The zero-order valence-electron chi connectivity index (χ0n) is 18.2. The van der Waals surface area contributed by atoms with Crippen molar-refractivity contribution in [2.75, 3.05) is 7.05 Å². The molecule has 0 fully saturated rings. The number of hydrogen-bond donors (Lipinski definition) is 0. The molecule has 0 bridgehead atoms. The second kappa shape index (κ2) is 8.69. The van der Waals surface area contributed by atoms with Crippen molar-refractivity contribution < 1.29 is 21.6 Å². The predicted octanol–water partition coefficient (Wildman–Crippen LogP) is 4.79. The Labute approximate surface area is 194 Å². The van der Waals surface area contributed by atoms with Crippen molar-refractivity contribution in [2.24, 2.45) is 0 Å². The molecule has 0 spiro atoms. The maximum absolute atomic E-state index is 13.4. The maximum atomic E-state index is 13.4. The number of sulfonamides is 1. The Bertz CT molecular complexity index is 1500. The van der Waals surface area contributed by atoms with Gasteiger partial charge >= 0.3 is 6.18 Å². The lowest BCUT2D eigenvalue weighted by molar-refractivity contribution is -0.137. The van der Waals surface area contributed by atoms with Gasteiger partial charge in [-0.3, -0.25) is 9.36 Å². The number of para-hydroxylation sites is 2. The van der Waals surface area contributed by atoms with Gasteiger partial charge in [0, 0.05) is 7.05 Å². The monoisotopic (exact) mass is 487 g/mol. The molecule has 1 aromatic heterocycles. The van der Waals surface area contributed by atoms with Crippen molar-refractivity contribution in [3.63, 3.8) is 0 Å². The Kier molecular flexibility index (Phi) is 6.05. The molecule has 4 rings (SSSR count). The summed E-state index contributed by atoms with van der Waals surface area (Å²) in [7, 11) is -2.90. The van der Waals surface area contributed by atoms with Crippen LogP contribution in [0, 0.1) is 0 Å². The van der Waals surface area contributed by atoms with Crippen molar-refractivity contribution in [1.82, 2.24) is 13.9 Å². The molecule has 0 radical (unpaired) electrons. The van der Waals surface area contributed by atoms with Crippen LogP contribution in [-0.2, 0) is 16.2 Å². The van der Waals surface area contributed by atoms with E-state index in [-0.39, 0.29) is 16.3 Å². The maximum Gasteiger partial charge on any atom is 0.416 e. The first-order chi connectivity index (χ1) is 16.0. The van der Waals surface area contributed by atoms with Crippen LogP contribution in [0.3, 0.4) is 0 Å². The zero-order valence-corrected chi connectivity index (χ0v) is 19.0. The average Bonchev–Trinajstić information content (AvgIpc) is 2.83. The number of benzene rings is 3. The molecule has 0 aliphatic heterocycles. The molecule has 0 aliphatic carbocycles. The minimum atomic E-state index is -4.58. The smallest absolute Gasteiger partial charge is 0.268 e. The number of aromatic nitrogens is 2. The van der Waals surface area contributed by atoms with Gasteiger partial charge in [0.05, 0.1) is 33.1 Å². The number of halogens is 3. The molecule has 3 aromatic carbocycles. The van der Waals surface area contributed by atoms with E-state index in [2.05, 4.69) is 4.98 Å². The van der Waals surface area contributed by atoms with E-state index in [0.717, 1.165) is 28.6 Å². The van der Waals surface area contributed by atoms with Gasteiger partial charge in [0.25, 0.3) is 5.56 Å². The molecule has 6 nitrogen and oxygen atoms in total.